The van der Waals surface area contributed by atoms with Crippen molar-refractivity contribution in [2.24, 2.45) is 4.99 Å². The predicted octanol–water partition coefficient (Wildman–Crippen LogP) is 4.62. The van der Waals surface area contributed by atoms with Crippen LogP contribution in [-0.2, 0) is 9.59 Å². The lowest BCUT2D eigenvalue weighted by molar-refractivity contribution is -0.115. The summed E-state index contributed by atoms with van der Waals surface area (Å²) in [7, 11) is 1.50. The van der Waals surface area contributed by atoms with Gasteiger partial charge in [-0.15, -0.1) is 11.8 Å². The quantitative estimate of drug-likeness (QED) is 0.396. The summed E-state index contributed by atoms with van der Waals surface area (Å²) in [6.07, 6.45) is 5.35. The molecule has 0 unspecified atom stereocenters. The maximum atomic E-state index is 11.5. The lowest BCUT2D eigenvalue weighted by atomic mass is 10.1. The zero-order chi connectivity index (χ0) is 24.0. The van der Waals surface area contributed by atoms with Crippen LogP contribution in [0.25, 0.3) is 12.2 Å². The first kappa shape index (κ1) is 24.9. The third-order valence-corrected chi connectivity index (χ3v) is 7.24. The average molecular weight is 519 g/mol. The standard InChI is InChI=1S/C11H9NO3S2.C11H9NO2S2/c1-15-8-5-7(13)3-2-6(8)4-9-10(14)12-11(16)17-9;1-15-11-12-10(14)9(16-11)6-7-2-4-8(13)5-3-7/h2-5,13H,1H3,(H,12,14,16);2-6,13H,1H3/b9-4-;9-6-. The molecule has 170 valence electrons. The van der Waals surface area contributed by atoms with E-state index in [1.54, 1.807) is 42.5 Å². The smallest absolute Gasteiger partial charge is 0.285 e. The number of methoxy groups -OCH3 is 1. The topological polar surface area (TPSA) is 108 Å². The monoisotopic (exact) mass is 518 g/mol. The molecule has 0 saturated carbocycles. The SMILES string of the molecule is COc1cc(O)ccc1/C=C1\SC(=S)NC1=O.CSC1=NC(=O)/C(=C/c2ccc(O)cc2)S1. The second-order valence-corrected chi connectivity index (χ2v) is 10.2. The number of hydrogen-bond acceptors (Lipinski definition) is 9. The number of phenols is 2. The number of hydrogen-bond donors (Lipinski definition) is 3. The van der Waals surface area contributed by atoms with Crippen LogP contribution in [0.5, 0.6) is 17.2 Å². The molecular weight excluding hydrogens is 501 g/mol. The molecule has 2 aliphatic heterocycles. The third kappa shape index (κ3) is 6.87. The summed E-state index contributed by atoms with van der Waals surface area (Å²) >= 11 is 8.94. The van der Waals surface area contributed by atoms with Crippen LogP contribution < -0.4 is 10.1 Å². The predicted molar refractivity (Wildman–Crippen MR) is 141 cm³/mol. The van der Waals surface area contributed by atoms with Gasteiger partial charge in [-0.1, -0.05) is 47.9 Å². The summed E-state index contributed by atoms with van der Waals surface area (Å²) in [5.41, 5.74) is 1.60. The minimum atomic E-state index is -0.213. The van der Waals surface area contributed by atoms with Gasteiger partial charge in [-0.25, -0.2) is 0 Å². The molecule has 2 heterocycles. The van der Waals surface area contributed by atoms with E-state index in [-0.39, 0.29) is 23.3 Å². The number of ether oxygens (including phenoxy) is 1. The zero-order valence-electron chi connectivity index (χ0n) is 17.4. The Bertz CT molecular complexity index is 1190. The number of benzene rings is 2. The average Bonchev–Trinajstić information content (AvgIpc) is 3.31. The maximum Gasteiger partial charge on any atom is 0.285 e. The highest BCUT2D eigenvalue weighted by molar-refractivity contribution is 8.40. The molecular formula is C22H18N2O5S4. The molecule has 1 saturated heterocycles. The van der Waals surface area contributed by atoms with Crippen LogP contribution in [0, 0.1) is 0 Å². The van der Waals surface area contributed by atoms with E-state index in [9.17, 15) is 14.7 Å². The number of carbonyl (C=O) groups excluding carboxylic acids is 2. The molecule has 0 bridgehead atoms. The van der Waals surface area contributed by atoms with Crippen molar-refractivity contribution in [1.82, 2.24) is 5.32 Å². The number of amides is 2. The van der Waals surface area contributed by atoms with Crippen molar-refractivity contribution < 1.29 is 24.5 Å². The van der Waals surface area contributed by atoms with Crippen LogP contribution in [-0.4, -0.2) is 44.1 Å². The van der Waals surface area contributed by atoms with Crippen LogP contribution in [0.3, 0.4) is 0 Å². The van der Waals surface area contributed by atoms with Gasteiger partial charge in [0, 0.05) is 11.6 Å². The molecule has 2 amide bonds. The molecule has 0 spiro atoms. The van der Waals surface area contributed by atoms with Crippen LogP contribution in [0.1, 0.15) is 11.1 Å². The molecule has 2 aromatic carbocycles. The second kappa shape index (κ2) is 11.4. The van der Waals surface area contributed by atoms with E-state index in [4.69, 9.17) is 22.1 Å². The Kier molecular flexibility index (Phi) is 8.61. The fraction of sp³-hybridized carbons (Fsp3) is 0.0909. The number of phenolic OH excluding ortho intramolecular Hbond substituents is 2. The van der Waals surface area contributed by atoms with Crippen LogP contribution in [0.4, 0.5) is 0 Å². The van der Waals surface area contributed by atoms with E-state index in [0.29, 0.717) is 25.4 Å². The Morgan fingerprint density at radius 3 is 2.30 bits per heavy atom. The summed E-state index contributed by atoms with van der Waals surface area (Å²) in [6.45, 7) is 0. The molecule has 33 heavy (non-hydrogen) atoms. The fourth-order valence-corrected chi connectivity index (χ4v) is 5.04. The first-order valence-electron chi connectivity index (χ1n) is 9.26. The van der Waals surface area contributed by atoms with Gasteiger partial charge in [-0.2, -0.15) is 4.99 Å². The largest absolute Gasteiger partial charge is 0.508 e. The number of aliphatic imine (C=N–C) groups is 1. The van der Waals surface area contributed by atoms with E-state index >= 15 is 0 Å². The van der Waals surface area contributed by atoms with E-state index in [0.717, 1.165) is 9.94 Å². The van der Waals surface area contributed by atoms with Gasteiger partial charge in [0.25, 0.3) is 11.8 Å². The normalized spacial score (nSPS) is 17.6. The molecule has 0 radical (unpaired) electrons. The Morgan fingerprint density at radius 2 is 1.73 bits per heavy atom. The Balaban J connectivity index is 0.000000186. The Labute approximate surface area is 208 Å². The van der Waals surface area contributed by atoms with Crippen molar-refractivity contribution in [3.63, 3.8) is 0 Å². The van der Waals surface area contributed by atoms with Crippen molar-refractivity contribution in [2.75, 3.05) is 13.4 Å². The van der Waals surface area contributed by atoms with E-state index < -0.39 is 0 Å². The maximum absolute atomic E-state index is 11.5. The summed E-state index contributed by atoms with van der Waals surface area (Å²) in [4.78, 5) is 28.0. The van der Waals surface area contributed by atoms with E-state index in [2.05, 4.69) is 10.3 Å². The highest BCUT2D eigenvalue weighted by Crippen LogP contribution is 2.33. The van der Waals surface area contributed by atoms with Crippen LogP contribution in [0.2, 0.25) is 0 Å². The molecule has 0 aliphatic carbocycles. The lowest BCUT2D eigenvalue weighted by Crippen LogP contribution is -2.17. The molecule has 2 aliphatic rings. The van der Waals surface area contributed by atoms with Crippen molar-refractivity contribution >= 4 is 80.2 Å². The Hall–Kier alpha value is -2.73. The van der Waals surface area contributed by atoms with Gasteiger partial charge >= 0.3 is 0 Å². The van der Waals surface area contributed by atoms with E-state index in [1.807, 2.05) is 6.26 Å². The molecule has 4 rings (SSSR count). The van der Waals surface area contributed by atoms with Crippen LogP contribution in [0.15, 0.2) is 57.3 Å². The highest BCUT2D eigenvalue weighted by Gasteiger charge is 2.22. The molecule has 1 fully saturated rings. The van der Waals surface area contributed by atoms with Gasteiger partial charge < -0.3 is 20.3 Å². The molecule has 0 aromatic heterocycles. The number of thiocarbonyl (C=S) groups is 1. The van der Waals surface area contributed by atoms with Gasteiger partial charge in [-0.05, 0) is 48.2 Å². The van der Waals surface area contributed by atoms with Crippen molar-refractivity contribution in [3.8, 4) is 17.2 Å². The third-order valence-electron chi connectivity index (χ3n) is 4.11. The molecule has 11 heteroatoms. The van der Waals surface area contributed by atoms with Gasteiger partial charge in [0.2, 0.25) is 0 Å². The first-order chi connectivity index (χ1) is 15.8. The Morgan fingerprint density at radius 1 is 1.03 bits per heavy atom. The number of thioether (sulfide) groups is 3. The van der Waals surface area contributed by atoms with Gasteiger partial charge in [0.15, 0.2) is 0 Å². The van der Waals surface area contributed by atoms with Gasteiger partial charge in [-0.3, -0.25) is 9.59 Å². The minimum Gasteiger partial charge on any atom is -0.508 e. The molecule has 2 aromatic rings. The van der Waals surface area contributed by atoms with Crippen molar-refractivity contribution in [2.45, 2.75) is 0 Å². The number of nitrogens with one attached hydrogen (secondary N) is 1. The summed E-state index contributed by atoms with van der Waals surface area (Å²) < 4.78 is 6.34. The number of carbonyl (C=O) groups is 2. The lowest BCUT2D eigenvalue weighted by Gasteiger charge is -2.05. The second-order valence-electron chi connectivity index (χ2n) is 6.37. The van der Waals surface area contributed by atoms with Gasteiger partial charge in [0.1, 0.15) is 25.9 Å². The molecule has 7 nitrogen and oxygen atoms in total. The summed E-state index contributed by atoms with van der Waals surface area (Å²) in [5.74, 6) is 0.429. The molecule has 0 atom stereocenters. The van der Waals surface area contributed by atoms with Crippen molar-refractivity contribution in [1.29, 1.82) is 0 Å². The van der Waals surface area contributed by atoms with E-state index in [1.165, 1.54) is 54.5 Å². The first-order valence-corrected chi connectivity index (χ1v) is 12.5. The van der Waals surface area contributed by atoms with Crippen molar-refractivity contribution in [3.05, 3.63) is 63.4 Å². The van der Waals surface area contributed by atoms with Gasteiger partial charge in [0.05, 0.1) is 16.9 Å². The summed E-state index contributed by atoms with van der Waals surface area (Å²) in [5, 5.41) is 21.0. The number of aromatic hydroxyl groups is 2. The van der Waals surface area contributed by atoms with Crippen LogP contribution >= 0.6 is 47.5 Å². The number of nitrogens with zero attached hydrogens (tertiary/aromatic N) is 1. The fourth-order valence-electron chi connectivity index (χ4n) is 2.58. The highest BCUT2D eigenvalue weighted by atomic mass is 32.2. The zero-order valence-corrected chi connectivity index (χ0v) is 20.7. The number of rotatable bonds is 3. The molecule has 3 N–H and O–H groups in total. The summed E-state index contributed by atoms with van der Waals surface area (Å²) in [6, 6.07) is 11.4. The minimum absolute atomic E-state index is 0.114.